The molecule has 7 nitrogen and oxygen atoms in total. The van der Waals surface area contributed by atoms with E-state index in [1.165, 1.54) is 17.7 Å². The van der Waals surface area contributed by atoms with Gasteiger partial charge in [-0.25, -0.2) is 18.7 Å². The number of ether oxygens (including phenoxy) is 2. The highest BCUT2D eigenvalue weighted by Gasteiger charge is 2.29. The van der Waals surface area contributed by atoms with Crippen molar-refractivity contribution in [3.8, 4) is 5.75 Å². The number of halogens is 2. The Bertz CT molecular complexity index is 1250. The number of nitrogens with one attached hydrogen (secondary N) is 1. The Morgan fingerprint density at radius 1 is 0.974 bits per heavy atom. The van der Waals surface area contributed by atoms with Gasteiger partial charge in [0.2, 0.25) is 0 Å². The van der Waals surface area contributed by atoms with Crippen LogP contribution in [0.5, 0.6) is 5.75 Å². The average Bonchev–Trinajstić information content (AvgIpc) is 3.44. The van der Waals surface area contributed by atoms with Crippen molar-refractivity contribution in [2.24, 2.45) is 0 Å². The van der Waals surface area contributed by atoms with E-state index >= 15 is 0 Å². The Hall–Kier alpha value is -3.30. The first-order chi connectivity index (χ1) is 18.6. The van der Waals surface area contributed by atoms with Crippen LogP contribution in [0.4, 0.5) is 20.4 Å². The Kier molecular flexibility index (Phi) is 7.38. The second-order valence-corrected chi connectivity index (χ2v) is 10.3. The summed E-state index contributed by atoms with van der Waals surface area (Å²) in [5.41, 5.74) is 3.39. The van der Waals surface area contributed by atoms with E-state index < -0.39 is 11.6 Å². The van der Waals surface area contributed by atoms with Gasteiger partial charge in [0, 0.05) is 64.7 Å². The lowest BCUT2D eigenvalue weighted by Gasteiger charge is -2.35. The summed E-state index contributed by atoms with van der Waals surface area (Å²) >= 11 is 0. The number of anilines is 2. The minimum absolute atomic E-state index is 0.0991. The molecular weight excluding hydrogens is 488 g/mol. The van der Waals surface area contributed by atoms with E-state index in [9.17, 15) is 8.78 Å². The molecule has 0 unspecified atom stereocenters. The zero-order chi connectivity index (χ0) is 25.9. The summed E-state index contributed by atoms with van der Waals surface area (Å²) in [7, 11) is 0. The van der Waals surface area contributed by atoms with Gasteiger partial charge in [0.15, 0.2) is 23.2 Å². The third-order valence-electron chi connectivity index (χ3n) is 7.52. The smallest absolute Gasteiger partial charge is 0.172 e. The number of hydrogen-bond acceptors (Lipinski definition) is 7. The minimum atomic E-state index is -0.667. The first-order valence-corrected chi connectivity index (χ1v) is 13.5. The van der Waals surface area contributed by atoms with Crippen molar-refractivity contribution in [3.05, 3.63) is 77.1 Å². The molecule has 0 bridgehead atoms. The van der Waals surface area contributed by atoms with Crippen LogP contribution >= 0.6 is 0 Å². The summed E-state index contributed by atoms with van der Waals surface area (Å²) in [6.07, 6.45) is 3.09. The standard InChI is InChI=1S/C29H33F2N5O2/c30-21-6-7-27(24(31)16-21)38-23-8-13-36(14-9-23)29-28(32-22-11-15-37-19-22)33-26-18-35(12-10-25(26)34-29)17-20-4-2-1-3-5-20/h1-7,16,22-23H,8-15,17-19H2,(H,32,33)/t22-/m1/s1. The predicted octanol–water partition coefficient (Wildman–Crippen LogP) is 4.56. The fourth-order valence-electron chi connectivity index (χ4n) is 5.45. The summed E-state index contributed by atoms with van der Waals surface area (Å²) < 4.78 is 38.8. The Morgan fingerprint density at radius 3 is 2.58 bits per heavy atom. The van der Waals surface area contributed by atoms with Gasteiger partial charge < -0.3 is 19.7 Å². The lowest BCUT2D eigenvalue weighted by atomic mass is 10.1. The maximum absolute atomic E-state index is 14.1. The summed E-state index contributed by atoms with van der Waals surface area (Å²) in [6.45, 7) is 5.46. The zero-order valence-corrected chi connectivity index (χ0v) is 21.4. The lowest BCUT2D eigenvalue weighted by molar-refractivity contribution is 0.163. The van der Waals surface area contributed by atoms with Gasteiger partial charge in [-0.3, -0.25) is 4.90 Å². The van der Waals surface area contributed by atoms with Gasteiger partial charge in [0.25, 0.3) is 0 Å². The molecule has 4 heterocycles. The van der Waals surface area contributed by atoms with Crippen molar-refractivity contribution in [3.63, 3.8) is 0 Å². The van der Waals surface area contributed by atoms with Crippen LogP contribution in [-0.2, 0) is 24.2 Å². The van der Waals surface area contributed by atoms with E-state index in [0.29, 0.717) is 19.4 Å². The molecule has 0 amide bonds. The molecule has 2 saturated heterocycles. The number of aromatic nitrogens is 2. The quantitative estimate of drug-likeness (QED) is 0.489. The third-order valence-corrected chi connectivity index (χ3v) is 7.52. The third kappa shape index (κ3) is 5.73. The van der Waals surface area contributed by atoms with Crippen molar-refractivity contribution in [2.45, 2.75) is 50.9 Å². The highest BCUT2D eigenvalue weighted by molar-refractivity contribution is 5.63. The van der Waals surface area contributed by atoms with Crippen molar-refractivity contribution < 1.29 is 18.3 Å². The molecule has 3 aliphatic heterocycles. The number of rotatable bonds is 7. The van der Waals surface area contributed by atoms with Crippen LogP contribution in [0.15, 0.2) is 48.5 Å². The molecule has 2 fully saturated rings. The second-order valence-electron chi connectivity index (χ2n) is 10.3. The van der Waals surface area contributed by atoms with Crippen molar-refractivity contribution in [2.75, 3.05) is 43.1 Å². The molecular formula is C29H33F2N5O2. The fourth-order valence-corrected chi connectivity index (χ4v) is 5.45. The molecule has 1 N–H and O–H groups in total. The van der Waals surface area contributed by atoms with Gasteiger partial charge in [0.1, 0.15) is 11.9 Å². The molecule has 3 aliphatic rings. The van der Waals surface area contributed by atoms with Crippen molar-refractivity contribution in [1.82, 2.24) is 14.9 Å². The highest BCUT2D eigenvalue weighted by atomic mass is 19.1. The molecule has 2 aromatic carbocycles. The van der Waals surface area contributed by atoms with Crippen LogP contribution in [0.25, 0.3) is 0 Å². The van der Waals surface area contributed by atoms with Crippen LogP contribution in [0, 0.1) is 11.6 Å². The van der Waals surface area contributed by atoms with Crippen LogP contribution in [0.1, 0.15) is 36.2 Å². The topological polar surface area (TPSA) is 62.8 Å². The molecule has 0 aliphatic carbocycles. The monoisotopic (exact) mass is 521 g/mol. The van der Waals surface area contributed by atoms with Gasteiger partial charge in [0.05, 0.1) is 24.0 Å². The molecule has 38 heavy (non-hydrogen) atoms. The maximum Gasteiger partial charge on any atom is 0.172 e. The van der Waals surface area contributed by atoms with Crippen molar-refractivity contribution >= 4 is 11.6 Å². The van der Waals surface area contributed by atoms with Gasteiger partial charge >= 0.3 is 0 Å². The number of fused-ring (bicyclic) bond motifs is 1. The van der Waals surface area contributed by atoms with E-state index in [4.69, 9.17) is 19.4 Å². The molecule has 3 aromatic rings. The maximum atomic E-state index is 14.1. The molecule has 9 heteroatoms. The average molecular weight is 522 g/mol. The largest absolute Gasteiger partial charge is 0.487 e. The predicted molar refractivity (Wildman–Crippen MR) is 141 cm³/mol. The number of benzene rings is 2. The molecule has 1 aromatic heterocycles. The van der Waals surface area contributed by atoms with Gasteiger partial charge in [-0.15, -0.1) is 0 Å². The van der Waals surface area contributed by atoms with Crippen LogP contribution in [0.2, 0.25) is 0 Å². The van der Waals surface area contributed by atoms with Crippen molar-refractivity contribution in [1.29, 1.82) is 0 Å². The molecule has 0 radical (unpaired) electrons. The van der Waals surface area contributed by atoms with E-state index in [-0.39, 0.29) is 17.9 Å². The van der Waals surface area contributed by atoms with Crippen LogP contribution < -0.4 is 15.0 Å². The van der Waals surface area contributed by atoms with E-state index in [1.807, 2.05) is 6.07 Å². The van der Waals surface area contributed by atoms with Crippen LogP contribution in [0.3, 0.4) is 0 Å². The molecule has 0 saturated carbocycles. The van der Waals surface area contributed by atoms with Gasteiger partial charge in [-0.1, -0.05) is 30.3 Å². The second kappa shape index (κ2) is 11.2. The number of hydrogen-bond donors (Lipinski definition) is 1. The Balaban J connectivity index is 1.17. The summed E-state index contributed by atoms with van der Waals surface area (Å²) in [5.74, 6) is 0.511. The van der Waals surface area contributed by atoms with Gasteiger partial charge in [-0.05, 0) is 24.1 Å². The Morgan fingerprint density at radius 2 is 1.82 bits per heavy atom. The fraction of sp³-hybridized carbons (Fsp3) is 0.448. The summed E-state index contributed by atoms with van der Waals surface area (Å²) in [6, 6.07) is 14.2. The number of piperidine rings is 1. The molecule has 1 atom stereocenters. The summed E-state index contributed by atoms with van der Waals surface area (Å²) in [5, 5.41) is 3.61. The van der Waals surface area contributed by atoms with E-state index in [1.54, 1.807) is 0 Å². The first-order valence-electron chi connectivity index (χ1n) is 13.5. The normalized spacial score (nSPS) is 20.4. The minimum Gasteiger partial charge on any atom is -0.487 e. The number of nitrogens with zero attached hydrogens (tertiary/aromatic N) is 4. The molecule has 200 valence electrons. The van der Waals surface area contributed by atoms with E-state index in [0.717, 1.165) is 81.3 Å². The SMILES string of the molecule is Fc1ccc(OC2CCN(c3nc4c(nc3N[C@@H]3CCOC3)CN(Cc3ccccc3)CC4)CC2)c(F)c1. The lowest BCUT2D eigenvalue weighted by Crippen LogP contribution is -2.40. The zero-order valence-electron chi connectivity index (χ0n) is 21.4. The first kappa shape index (κ1) is 25.0. The molecule has 6 rings (SSSR count). The highest BCUT2D eigenvalue weighted by Crippen LogP contribution is 2.31. The van der Waals surface area contributed by atoms with E-state index in [2.05, 4.69) is 39.4 Å². The Labute approximate surface area is 221 Å². The van der Waals surface area contributed by atoms with Crippen LogP contribution in [-0.4, -0.2) is 59.9 Å². The van der Waals surface area contributed by atoms with Gasteiger partial charge in [-0.2, -0.15) is 0 Å². The molecule has 0 spiro atoms. The summed E-state index contributed by atoms with van der Waals surface area (Å²) in [4.78, 5) is 14.9.